The third-order valence-electron chi connectivity index (χ3n) is 4.12. The number of likely N-dealkylation sites (N-methyl/N-ethyl adjacent to an activating group) is 1. The van der Waals surface area contributed by atoms with Gasteiger partial charge < -0.3 is 15.2 Å². The highest BCUT2D eigenvalue weighted by Gasteiger charge is 2.12. The summed E-state index contributed by atoms with van der Waals surface area (Å²) >= 11 is 0. The quantitative estimate of drug-likeness (QED) is 0.745. The molecule has 0 aliphatic rings. The molecule has 5 heteroatoms. The summed E-state index contributed by atoms with van der Waals surface area (Å²) in [6.07, 6.45) is 1.86. The molecule has 0 saturated heterocycles. The number of benzene rings is 2. The molecule has 130 valence electrons. The average molecular weight is 339 g/mol. The molecule has 0 aliphatic heterocycles. The van der Waals surface area contributed by atoms with Crippen molar-refractivity contribution in [2.75, 3.05) is 20.6 Å². The zero-order valence-corrected chi connectivity index (χ0v) is 14.6. The highest BCUT2D eigenvalue weighted by atomic mass is 19.1. The molecule has 0 saturated carbocycles. The van der Waals surface area contributed by atoms with Crippen LogP contribution in [0.4, 0.5) is 4.39 Å². The number of carbonyl (C=O) groups excluding carboxylic acids is 1. The van der Waals surface area contributed by atoms with Crippen LogP contribution >= 0.6 is 0 Å². The highest BCUT2D eigenvalue weighted by molar-refractivity contribution is 5.97. The van der Waals surface area contributed by atoms with Gasteiger partial charge in [-0.25, -0.2) is 4.39 Å². The van der Waals surface area contributed by atoms with Gasteiger partial charge in [0.25, 0.3) is 5.91 Å². The Kier molecular flexibility index (Phi) is 4.86. The first kappa shape index (κ1) is 17.2. The Morgan fingerprint density at radius 3 is 2.60 bits per heavy atom. The van der Waals surface area contributed by atoms with Crippen molar-refractivity contribution in [1.29, 1.82) is 0 Å². The Morgan fingerprint density at radius 2 is 1.92 bits per heavy atom. The molecular weight excluding hydrogens is 317 g/mol. The van der Waals surface area contributed by atoms with Crippen LogP contribution in [-0.2, 0) is 0 Å². The van der Waals surface area contributed by atoms with Crippen molar-refractivity contribution < 1.29 is 9.18 Å². The van der Waals surface area contributed by atoms with Crippen LogP contribution in [0.5, 0.6) is 0 Å². The normalized spacial score (nSPS) is 12.5. The van der Waals surface area contributed by atoms with Gasteiger partial charge in [-0.05, 0) is 56.9 Å². The van der Waals surface area contributed by atoms with E-state index in [1.54, 1.807) is 6.07 Å². The number of rotatable bonds is 5. The first-order valence-electron chi connectivity index (χ1n) is 8.26. The van der Waals surface area contributed by atoms with Crippen LogP contribution in [-0.4, -0.2) is 42.5 Å². The second kappa shape index (κ2) is 7.07. The van der Waals surface area contributed by atoms with Gasteiger partial charge in [-0.2, -0.15) is 0 Å². The molecule has 0 spiro atoms. The summed E-state index contributed by atoms with van der Waals surface area (Å²) in [6.45, 7) is 2.77. The summed E-state index contributed by atoms with van der Waals surface area (Å²) in [6, 6.07) is 12.2. The number of nitrogens with zero attached hydrogens (tertiary/aromatic N) is 1. The van der Waals surface area contributed by atoms with Gasteiger partial charge in [-0.3, -0.25) is 4.79 Å². The molecule has 1 heterocycles. The molecule has 2 N–H and O–H groups in total. The summed E-state index contributed by atoms with van der Waals surface area (Å²) < 4.78 is 13.3. The second-order valence-corrected chi connectivity index (χ2v) is 6.61. The van der Waals surface area contributed by atoms with Crippen molar-refractivity contribution in [3.05, 3.63) is 60.0 Å². The highest BCUT2D eigenvalue weighted by Crippen LogP contribution is 2.29. The van der Waals surface area contributed by atoms with Gasteiger partial charge in [0.05, 0.1) is 0 Å². The lowest BCUT2D eigenvalue weighted by atomic mass is 10.0. The number of aromatic amines is 1. The van der Waals surface area contributed by atoms with Crippen LogP contribution in [0.2, 0.25) is 0 Å². The first-order chi connectivity index (χ1) is 11.9. The van der Waals surface area contributed by atoms with Gasteiger partial charge in [0.1, 0.15) is 5.82 Å². The van der Waals surface area contributed by atoms with Gasteiger partial charge >= 0.3 is 0 Å². The third-order valence-corrected chi connectivity index (χ3v) is 4.12. The van der Waals surface area contributed by atoms with E-state index in [0.717, 1.165) is 28.6 Å². The largest absolute Gasteiger partial charge is 0.360 e. The summed E-state index contributed by atoms with van der Waals surface area (Å²) in [7, 11) is 3.95. The lowest BCUT2D eigenvalue weighted by Gasteiger charge is -2.18. The molecule has 0 bridgehead atoms. The molecule has 25 heavy (non-hydrogen) atoms. The Balaban J connectivity index is 1.78. The van der Waals surface area contributed by atoms with E-state index in [9.17, 15) is 9.18 Å². The van der Waals surface area contributed by atoms with E-state index in [2.05, 4.69) is 10.3 Å². The summed E-state index contributed by atoms with van der Waals surface area (Å²) in [5.74, 6) is -0.346. The molecule has 1 atom stereocenters. The monoisotopic (exact) mass is 339 g/mol. The molecule has 1 amide bonds. The Morgan fingerprint density at radius 1 is 1.20 bits per heavy atom. The zero-order chi connectivity index (χ0) is 18.0. The smallest absolute Gasteiger partial charge is 0.251 e. The molecule has 2 aromatic carbocycles. The average Bonchev–Trinajstić information content (AvgIpc) is 2.97. The van der Waals surface area contributed by atoms with Gasteiger partial charge in [0.15, 0.2) is 0 Å². The second-order valence-electron chi connectivity index (χ2n) is 6.61. The Bertz CT molecular complexity index is 884. The van der Waals surface area contributed by atoms with Crippen molar-refractivity contribution >= 4 is 16.8 Å². The van der Waals surface area contributed by atoms with Gasteiger partial charge in [-0.1, -0.05) is 12.1 Å². The lowest BCUT2D eigenvalue weighted by molar-refractivity contribution is 0.0934. The van der Waals surface area contributed by atoms with Crippen molar-refractivity contribution in [3.63, 3.8) is 0 Å². The molecule has 3 rings (SSSR count). The van der Waals surface area contributed by atoms with E-state index < -0.39 is 0 Å². The van der Waals surface area contributed by atoms with E-state index in [4.69, 9.17) is 0 Å². The number of aromatic nitrogens is 1. The van der Waals surface area contributed by atoms with Gasteiger partial charge in [-0.15, -0.1) is 0 Å². The maximum atomic E-state index is 13.3. The Hall–Kier alpha value is -2.66. The van der Waals surface area contributed by atoms with Crippen molar-refractivity contribution in [3.8, 4) is 11.1 Å². The van der Waals surface area contributed by atoms with Crippen LogP contribution < -0.4 is 5.32 Å². The van der Waals surface area contributed by atoms with Crippen LogP contribution in [0.25, 0.3) is 22.0 Å². The molecule has 4 nitrogen and oxygen atoms in total. The fourth-order valence-corrected chi connectivity index (χ4v) is 3.04. The topological polar surface area (TPSA) is 48.1 Å². The molecule has 3 aromatic rings. The van der Waals surface area contributed by atoms with Crippen molar-refractivity contribution in [1.82, 2.24) is 15.2 Å². The number of nitrogens with one attached hydrogen (secondary N) is 2. The van der Waals surface area contributed by atoms with Crippen LogP contribution in [0.3, 0.4) is 0 Å². The molecule has 1 unspecified atom stereocenters. The SMILES string of the molecule is CC(CN(C)C)NC(=O)c1ccc(-c2c[nH]c3cc(F)ccc23)cc1. The Labute approximate surface area is 146 Å². The van der Waals surface area contributed by atoms with E-state index >= 15 is 0 Å². The van der Waals surface area contributed by atoms with E-state index in [1.807, 2.05) is 56.4 Å². The minimum absolute atomic E-state index is 0.0747. The van der Waals surface area contributed by atoms with Crippen LogP contribution in [0.1, 0.15) is 17.3 Å². The minimum Gasteiger partial charge on any atom is -0.360 e. The first-order valence-corrected chi connectivity index (χ1v) is 8.26. The predicted octanol–water partition coefficient (Wildman–Crippen LogP) is 3.65. The number of hydrogen-bond acceptors (Lipinski definition) is 2. The van der Waals surface area contributed by atoms with Crippen LogP contribution in [0, 0.1) is 5.82 Å². The van der Waals surface area contributed by atoms with E-state index in [-0.39, 0.29) is 17.8 Å². The molecular formula is C20H22FN3O. The standard InChI is InChI=1S/C20H22FN3O/c1-13(12-24(2)3)23-20(25)15-6-4-14(5-7-15)18-11-22-19-10-16(21)8-9-17(18)19/h4-11,13,22H,12H2,1-3H3,(H,23,25). The van der Waals surface area contributed by atoms with Crippen molar-refractivity contribution in [2.45, 2.75) is 13.0 Å². The lowest BCUT2D eigenvalue weighted by Crippen LogP contribution is -2.39. The molecule has 0 aliphatic carbocycles. The fraction of sp³-hybridized carbons (Fsp3) is 0.250. The maximum absolute atomic E-state index is 13.3. The predicted molar refractivity (Wildman–Crippen MR) is 99.2 cm³/mol. The molecule has 0 radical (unpaired) electrons. The minimum atomic E-state index is -0.264. The molecule has 1 aromatic heterocycles. The van der Waals surface area contributed by atoms with Crippen LogP contribution in [0.15, 0.2) is 48.7 Å². The number of hydrogen-bond donors (Lipinski definition) is 2. The van der Waals surface area contributed by atoms with Gasteiger partial charge in [0.2, 0.25) is 0 Å². The summed E-state index contributed by atoms with van der Waals surface area (Å²) in [4.78, 5) is 17.4. The maximum Gasteiger partial charge on any atom is 0.251 e. The van der Waals surface area contributed by atoms with E-state index in [1.165, 1.54) is 12.1 Å². The number of amides is 1. The zero-order valence-electron chi connectivity index (χ0n) is 14.6. The number of fused-ring (bicyclic) bond motifs is 1. The summed E-state index contributed by atoms with van der Waals surface area (Å²) in [5.41, 5.74) is 3.35. The number of halogens is 1. The number of H-pyrrole nitrogens is 1. The van der Waals surface area contributed by atoms with E-state index in [0.29, 0.717) is 5.56 Å². The summed E-state index contributed by atoms with van der Waals surface area (Å²) in [5, 5.41) is 3.95. The number of carbonyl (C=O) groups is 1. The molecule has 0 fully saturated rings. The fourth-order valence-electron chi connectivity index (χ4n) is 3.04. The van der Waals surface area contributed by atoms with Gasteiger partial charge in [0, 0.05) is 40.8 Å². The van der Waals surface area contributed by atoms with Crippen molar-refractivity contribution in [2.24, 2.45) is 0 Å². The third kappa shape index (κ3) is 3.88.